The first-order valence-electron chi connectivity index (χ1n) is 8.12. The van der Waals surface area contributed by atoms with E-state index in [0.717, 1.165) is 18.5 Å². The Morgan fingerprint density at radius 3 is 2.17 bits per heavy atom. The van der Waals surface area contributed by atoms with Crippen LogP contribution >= 0.6 is 0 Å². The van der Waals surface area contributed by atoms with Crippen molar-refractivity contribution >= 4 is 11.6 Å². The normalized spacial score (nSPS) is 16.6. The predicted molar refractivity (Wildman–Crippen MR) is 90.5 cm³/mol. The molecule has 120 valence electrons. The summed E-state index contributed by atoms with van der Waals surface area (Å²) in [6.45, 7) is 0. The fourth-order valence-corrected chi connectivity index (χ4v) is 3.44. The second kappa shape index (κ2) is 6.84. The van der Waals surface area contributed by atoms with Gasteiger partial charge in [-0.05, 0) is 42.7 Å². The number of hydrogen-bond acceptors (Lipinski definition) is 3. The molecule has 1 fully saturated rings. The fraction of sp³-hybridized carbons (Fsp3) is 0.316. The predicted octanol–water partition coefficient (Wildman–Crippen LogP) is 4.08. The molecule has 3 rings (SSSR count). The Bertz CT molecular complexity index is 647. The van der Waals surface area contributed by atoms with Crippen molar-refractivity contribution in [2.75, 3.05) is 5.32 Å². The summed E-state index contributed by atoms with van der Waals surface area (Å²) in [6, 6.07) is 17.8. The molecule has 0 aromatic heterocycles. The zero-order chi connectivity index (χ0) is 16.1. The van der Waals surface area contributed by atoms with E-state index < -0.39 is 5.91 Å². The Kier molecular flexibility index (Phi) is 4.63. The van der Waals surface area contributed by atoms with E-state index in [0.29, 0.717) is 5.56 Å². The smallest absolute Gasteiger partial charge is 0.274 e. The highest BCUT2D eigenvalue weighted by Gasteiger charge is 2.33. The molecule has 4 nitrogen and oxygen atoms in total. The second-order valence-corrected chi connectivity index (χ2v) is 6.15. The lowest BCUT2D eigenvalue weighted by molar-refractivity contribution is 0.0706. The van der Waals surface area contributed by atoms with Gasteiger partial charge in [0.25, 0.3) is 5.91 Å². The van der Waals surface area contributed by atoms with Gasteiger partial charge in [-0.2, -0.15) is 0 Å². The van der Waals surface area contributed by atoms with Gasteiger partial charge in [0.05, 0.1) is 5.54 Å². The Morgan fingerprint density at radius 2 is 1.57 bits per heavy atom. The summed E-state index contributed by atoms with van der Waals surface area (Å²) < 4.78 is 0. The lowest BCUT2D eigenvalue weighted by atomic mass is 9.76. The number of nitrogens with one attached hydrogen (secondary N) is 2. The van der Waals surface area contributed by atoms with Crippen molar-refractivity contribution in [3.05, 3.63) is 65.7 Å². The maximum Gasteiger partial charge on any atom is 0.274 e. The van der Waals surface area contributed by atoms with Crippen LogP contribution in [0.5, 0.6) is 0 Å². The number of rotatable bonds is 4. The summed E-state index contributed by atoms with van der Waals surface area (Å²) in [5.41, 5.74) is 4.36. The molecule has 4 heteroatoms. The lowest BCUT2D eigenvalue weighted by Gasteiger charge is -2.39. The molecule has 0 radical (unpaired) electrons. The zero-order valence-corrected chi connectivity index (χ0v) is 13.1. The van der Waals surface area contributed by atoms with E-state index in [1.807, 2.05) is 18.2 Å². The molecule has 0 unspecified atom stereocenters. The maximum absolute atomic E-state index is 11.4. The van der Waals surface area contributed by atoms with Crippen molar-refractivity contribution in [3.8, 4) is 0 Å². The molecule has 1 amide bonds. The van der Waals surface area contributed by atoms with Crippen LogP contribution in [0, 0.1) is 0 Å². The summed E-state index contributed by atoms with van der Waals surface area (Å²) in [4.78, 5) is 11.4. The van der Waals surface area contributed by atoms with Crippen molar-refractivity contribution in [2.45, 2.75) is 37.6 Å². The number of hydrogen-bond donors (Lipinski definition) is 3. The molecule has 0 atom stereocenters. The van der Waals surface area contributed by atoms with Crippen LogP contribution in [0.2, 0.25) is 0 Å². The first-order chi connectivity index (χ1) is 11.2. The fourth-order valence-electron chi connectivity index (χ4n) is 3.44. The van der Waals surface area contributed by atoms with Crippen molar-refractivity contribution in [3.63, 3.8) is 0 Å². The highest BCUT2D eigenvalue weighted by atomic mass is 16.5. The van der Waals surface area contributed by atoms with E-state index >= 15 is 0 Å². The molecule has 0 heterocycles. The van der Waals surface area contributed by atoms with E-state index in [1.54, 1.807) is 17.6 Å². The third-order valence-corrected chi connectivity index (χ3v) is 4.67. The third-order valence-electron chi connectivity index (χ3n) is 4.67. The Hall–Kier alpha value is -2.33. The first kappa shape index (κ1) is 15.6. The zero-order valence-electron chi connectivity index (χ0n) is 13.1. The molecule has 0 aliphatic heterocycles. The molecule has 3 N–H and O–H groups in total. The summed E-state index contributed by atoms with van der Waals surface area (Å²) in [7, 11) is 0. The minimum absolute atomic E-state index is 0.0414. The average Bonchev–Trinajstić information content (AvgIpc) is 2.63. The Balaban J connectivity index is 1.86. The van der Waals surface area contributed by atoms with Crippen molar-refractivity contribution < 1.29 is 10.0 Å². The maximum atomic E-state index is 11.4. The van der Waals surface area contributed by atoms with Crippen LogP contribution < -0.4 is 10.8 Å². The number of amides is 1. The van der Waals surface area contributed by atoms with Crippen LogP contribution in [0.15, 0.2) is 54.6 Å². The molecule has 0 spiro atoms. The Morgan fingerprint density at radius 1 is 0.913 bits per heavy atom. The van der Waals surface area contributed by atoms with Crippen molar-refractivity contribution in [2.24, 2.45) is 0 Å². The van der Waals surface area contributed by atoms with Gasteiger partial charge in [0, 0.05) is 11.3 Å². The highest BCUT2D eigenvalue weighted by Crippen LogP contribution is 2.40. The minimum Gasteiger partial charge on any atom is -0.376 e. The molecule has 0 bridgehead atoms. The van der Waals surface area contributed by atoms with Crippen LogP contribution in [0.3, 0.4) is 0 Å². The van der Waals surface area contributed by atoms with E-state index in [1.165, 1.54) is 24.8 Å². The van der Waals surface area contributed by atoms with Gasteiger partial charge < -0.3 is 5.32 Å². The monoisotopic (exact) mass is 310 g/mol. The summed E-state index contributed by atoms with van der Waals surface area (Å²) in [5.74, 6) is -0.494. The number of carbonyl (C=O) groups is 1. The molecule has 2 aromatic rings. The molecule has 1 aliphatic carbocycles. The van der Waals surface area contributed by atoms with E-state index in [4.69, 9.17) is 5.21 Å². The van der Waals surface area contributed by atoms with Gasteiger partial charge in [-0.25, -0.2) is 5.48 Å². The van der Waals surface area contributed by atoms with Gasteiger partial charge >= 0.3 is 0 Å². The minimum atomic E-state index is -0.494. The van der Waals surface area contributed by atoms with Crippen LogP contribution in [-0.4, -0.2) is 11.1 Å². The van der Waals surface area contributed by atoms with E-state index in [9.17, 15) is 4.79 Å². The van der Waals surface area contributed by atoms with Crippen LogP contribution in [0.1, 0.15) is 48.0 Å². The molecule has 2 aromatic carbocycles. The standard InChI is InChI=1S/C19H22N2O2/c22-18(21-23)15-9-11-17(12-10-15)20-19(13-5-2-6-14-19)16-7-3-1-4-8-16/h1,3-4,7-12,20,23H,2,5-6,13-14H2,(H,21,22). The summed E-state index contributed by atoms with van der Waals surface area (Å²) in [6.07, 6.45) is 5.93. The Labute approximate surface area is 136 Å². The van der Waals surface area contributed by atoms with Crippen molar-refractivity contribution in [1.82, 2.24) is 5.48 Å². The van der Waals surface area contributed by atoms with Gasteiger partial charge in [-0.1, -0.05) is 49.6 Å². The van der Waals surface area contributed by atoms with Crippen LogP contribution in [0.4, 0.5) is 5.69 Å². The molecular formula is C19H22N2O2. The average molecular weight is 310 g/mol. The summed E-state index contributed by atoms with van der Waals surface area (Å²) in [5, 5.41) is 12.4. The number of carbonyl (C=O) groups excluding carboxylic acids is 1. The molecular weight excluding hydrogens is 288 g/mol. The third kappa shape index (κ3) is 3.37. The molecule has 1 aliphatic rings. The van der Waals surface area contributed by atoms with Crippen LogP contribution in [-0.2, 0) is 5.54 Å². The van der Waals surface area contributed by atoms with Gasteiger partial charge in [-0.15, -0.1) is 0 Å². The summed E-state index contributed by atoms with van der Waals surface area (Å²) >= 11 is 0. The largest absolute Gasteiger partial charge is 0.376 e. The number of anilines is 1. The first-order valence-corrected chi connectivity index (χ1v) is 8.12. The van der Waals surface area contributed by atoms with Crippen molar-refractivity contribution in [1.29, 1.82) is 0 Å². The number of hydroxylamine groups is 1. The van der Waals surface area contributed by atoms with Gasteiger partial charge in [0.15, 0.2) is 0 Å². The highest BCUT2D eigenvalue weighted by molar-refractivity contribution is 5.93. The van der Waals surface area contributed by atoms with E-state index in [-0.39, 0.29) is 5.54 Å². The molecule has 1 saturated carbocycles. The topological polar surface area (TPSA) is 61.4 Å². The van der Waals surface area contributed by atoms with Gasteiger partial charge in [0.2, 0.25) is 0 Å². The van der Waals surface area contributed by atoms with E-state index in [2.05, 4.69) is 29.6 Å². The number of benzene rings is 2. The quantitative estimate of drug-likeness (QED) is 0.589. The van der Waals surface area contributed by atoms with Crippen LogP contribution in [0.25, 0.3) is 0 Å². The SMILES string of the molecule is O=C(NO)c1ccc(NC2(c3ccccc3)CCCCC2)cc1. The molecule has 23 heavy (non-hydrogen) atoms. The molecule has 0 saturated heterocycles. The lowest BCUT2D eigenvalue weighted by Crippen LogP contribution is -2.37. The van der Waals surface area contributed by atoms with Gasteiger partial charge in [-0.3, -0.25) is 10.0 Å². The van der Waals surface area contributed by atoms with Gasteiger partial charge in [0.1, 0.15) is 0 Å². The second-order valence-electron chi connectivity index (χ2n) is 6.15.